The number of nitrogens with two attached hydrogens (primary N) is 1. The number of halogens is 2. The summed E-state index contributed by atoms with van der Waals surface area (Å²) in [6.45, 7) is 1.82. The Balaban J connectivity index is 2.38. The number of carboxylic acid groups (broad SMARTS) is 1. The molecule has 0 spiro atoms. The van der Waals surface area contributed by atoms with Crippen LogP contribution in [0.1, 0.15) is 15.9 Å². The zero-order valence-corrected chi connectivity index (χ0v) is 12.2. The van der Waals surface area contributed by atoms with E-state index in [1.165, 1.54) is 18.2 Å². The Morgan fingerprint density at radius 2 is 2.05 bits per heavy atom. The van der Waals surface area contributed by atoms with Gasteiger partial charge >= 0.3 is 5.97 Å². The maximum Gasteiger partial charge on any atom is 0.337 e. The van der Waals surface area contributed by atoms with Gasteiger partial charge in [-0.2, -0.15) is 0 Å². The summed E-state index contributed by atoms with van der Waals surface area (Å²) in [6.07, 6.45) is 0. The van der Waals surface area contributed by atoms with Crippen molar-refractivity contribution in [3.05, 3.63) is 51.7 Å². The zero-order chi connectivity index (χ0) is 14.9. The van der Waals surface area contributed by atoms with Crippen molar-refractivity contribution in [1.29, 1.82) is 0 Å². The topological polar surface area (TPSA) is 75.3 Å². The Bertz CT molecular complexity index is 689. The average Bonchev–Trinajstić information content (AvgIpc) is 2.37. The van der Waals surface area contributed by atoms with Crippen LogP contribution in [0.15, 0.2) is 34.8 Å². The van der Waals surface area contributed by atoms with Crippen molar-refractivity contribution in [3.8, 4) is 0 Å². The lowest BCUT2D eigenvalue weighted by molar-refractivity contribution is 0.0698. The van der Waals surface area contributed by atoms with Gasteiger partial charge in [0, 0.05) is 17.1 Å². The van der Waals surface area contributed by atoms with Crippen molar-refractivity contribution in [2.75, 3.05) is 11.1 Å². The maximum absolute atomic E-state index is 13.5. The van der Waals surface area contributed by atoms with E-state index in [0.29, 0.717) is 15.8 Å². The molecule has 0 bridgehead atoms. The molecule has 0 amide bonds. The second kappa shape index (κ2) is 5.50. The molecule has 2 aromatic rings. The predicted molar refractivity (Wildman–Crippen MR) is 79.9 cm³/mol. The molecule has 0 saturated carbocycles. The molecule has 4 nitrogen and oxygen atoms in total. The summed E-state index contributed by atoms with van der Waals surface area (Å²) in [5, 5.41) is 12.0. The Morgan fingerprint density at radius 3 is 2.70 bits per heavy atom. The first-order valence-corrected chi connectivity index (χ1v) is 6.53. The van der Waals surface area contributed by atoms with E-state index in [9.17, 15) is 9.18 Å². The second-order valence-electron chi connectivity index (χ2n) is 4.31. The van der Waals surface area contributed by atoms with E-state index in [1.54, 1.807) is 12.1 Å². The standard InChI is InChI=1S/C14H12BrFN2O2/c1-7-4-10(15)11(16)6-13(7)18-8-2-3-12(17)9(5-8)14(19)20/h2-6,18H,17H2,1H3,(H,19,20). The molecule has 0 heterocycles. The van der Waals surface area contributed by atoms with Crippen LogP contribution >= 0.6 is 15.9 Å². The van der Waals surface area contributed by atoms with Crippen LogP contribution in [0, 0.1) is 12.7 Å². The molecular weight excluding hydrogens is 327 g/mol. The molecule has 0 saturated heterocycles. The van der Waals surface area contributed by atoms with Gasteiger partial charge < -0.3 is 16.2 Å². The molecule has 0 aliphatic heterocycles. The molecule has 0 radical (unpaired) electrons. The van der Waals surface area contributed by atoms with Crippen LogP contribution in [0.3, 0.4) is 0 Å². The number of hydrogen-bond acceptors (Lipinski definition) is 3. The minimum Gasteiger partial charge on any atom is -0.478 e. The highest BCUT2D eigenvalue weighted by atomic mass is 79.9. The summed E-state index contributed by atoms with van der Waals surface area (Å²) < 4.78 is 13.9. The largest absolute Gasteiger partial charge is 0.478 e. The third kappa shape index (κ3) is 2.91. The lowest BCUT2D eigenvalue weighted by atomic mass is 10.1. The van der Waals surface area contributed by atoms with Crippen molar-refractivity contribution >= 4 is 39.0 Å². The van der Waals surface area contributed by atoms with Crippen LogP contribution in [-0.2, 0) is 0 Å². The van der Waals surface area contributed by atoms with Crippen LogP contribution in [0.25, 0.3) is 0 Å². The van der Waals surface area contributed by atoms with Crippen molar-refractivity contribution in [2.24, 2.45) is 0 Å². The predicted octanol–water partition coefficient (Wildman–Crippen LogP) is 3.92. The Kier molecular flexibility index (Phi) is 3.94. The summed E-state index contributed by atoms with van der Waals surface area (Å²) >= 11 is 3.11. The van der Waals surface area contributed by atoms with E-state index in [2.05, 4.69) is 21.2 Å². The number of nitrogens with one attached hydrogen (secondary N) is 1. The molecule has 104 valence electrons. The molecule has 0 aromatic heterocycles. The smallest absolute Gasteiger partial charge is 0.337 e. The summed E-state index contributed by atoms with van der Waals surface area (Å²) in [5.41, 5.74) is 7.69. The minimum atomic E-state index is -1.11. The van der Waals surface area contributed by atoms with E-state index in [4.69, 9.17) is 10.8 Å². The van der Waals surface area contributed by atoms with Gasteiger partial charge in [0.1, 0.15) is 5.82 Å². The molecule has 4 N–H and O–H groups in total. The number of rotatable bonds is 3. The molecule has 2 aromatic carbocycles. The van der Waals surface area contributed by atoms with Crippen LogP contribution in [0.2, 0.25) is 0 Å². The zero-order valence-electron chi connectivity index (χ0n) is 10.6. The summed E-state index contributed by atoms with van der Waals surface area (Å²) in [4.78, 5) is 11.0. The quantitative estimate of drug-likeness (QED) is 0.741. The Morgan fingerprint density at radius 1 is 1.35 bits per heavy atom. The summed E-state index contributed by atoms with van der Waals surface area (Å²) in [7, 11) is 0. The molecule has 0 unspecified atom stereocenters. The van der Waals surface area contributed by atoms with Gasteiger partial charge in [0.05, 0.1) is 10.0 Å². The number of carbonyl (C=O) groups is 1. The highest BCUT2D eigenvalue weighted by Gasteiger charge is 2.10. The summed E-state index contributed by atoms with van der Waals surface area (Å²) in [5.74, 6) is -1.50. The van der Waals surface area contributed by atoms with E-state index < -0.39 is 11.8 Å². The number of benzene rings is 2. The van der Waals surface area contributed by atoms with Gasteiger partial charge in [0.15, 0.2) is 0 Å². The third-order valence-corrected chi connectivity index (χ3v) is 3.44. The fourth-order valence-corrected chi connectivity index (χ4v) is 2.21. The van der Waals surface area contributed by atoms with Gasteiger partial charge in [0.25, 0.3) is 0 Å². The first kappa shape index (κ1) is 14.3. The fourth-order valence-electron chi connectivity index (χ4n) is 1.76. The molecule has 2 rings (SSSR count). The lowest BCUT2D eigenvalue weighted by Crippen LogP contribution is -2.03. The van der Waals surface area contributed by atoms with Gasteiger partial charge in [-0.25, -0.2) is 9.18 Å². The van der Waals surface area contributed by atoms with E-state index >= 15 is 0 Å². The monoisotopic (exact) mass is 338 g/mol. The molecule has 0 aliphatic rings. The normalized spacial score (nSPS) is 10.3. The van der Waals surface area contributed by atoms with Gasteiger partial charge in [-0.3, -0.25) is 0 Å². The van der Waals surface area contributed by atoms with E-state index in [0.717, 1.165) is 5.56 Å². The lowest BCUT2D eigenvalue weighted by Gasteiger charge is -2.12. The highest BCUT2D eigenvalue weighted by Crippen LogP contribution is 2.28. The molecule has 0 atom stereocenters. The van der Waals surface area contributed by atoms with Crippen LogP contribution in [-0.4, -0.2) is 11.1 Å². The van der Waals surface area contributed by atoms with Gasteiger partial charge in [-0.05, 0) is 58.7 Å². The molecule has 0 aliphatic carbocycles. The van der Waals surface area contributed by atoms with Gasteiger partial charge in [0.2, 0.25) is 0 Å². The number of aromatic carboxylic acids is 1. The van der Waals surface area contributed by atoms with Crippen molar-refractivity contribution in [1.82, 2.24) is 0 Å². The summed E-state index contributed by atoms with van der Waals surface area (Å²) in [6, 6.07) is 7.54. The minimum absolute atomic E-state index is 0.00485. The maximum atomic E-state index is 13.5. The molecular formula is C14H12BrFN2O2. The number of aryl methyl sites for hydroxylation is 1. The third-order valence-electron chi connectivity index (χ3n) is 2.83. The highest BCUT2D eigenvalue weighted by molar-refractivity contribution is 9.10. The number of nitrogen functional groups attached to an aromatic ring is 1. The van der Waals surface area contributed by atoms with Crippen molar-refractivity contribution in [3.63, 3.8) is 0 Å². The number of carboxylic acids is 1. The van der Waals surface area contributed by atoms with E-state index in [1.807, 2.05) is 6.92 Å². The number of hydrogen-bond donors (Lipinski definition) is 3. The molecule has 6 heteroatoms. The van der Waals surface area contributed by atoms with Gasteiger partial charge in [-0.1, -0.05) is 0 Å². The van der Waals surface area contributed by atoms with Gasteiger partial charge in [-0.15, -0.1) is 0 Å². The number of anilines is 3. The average molecular weight is 339 g/mol. The molecule has 20 heavy (non-hydrogen) atoms. The van der Waals surface area contributed by atoms with Crippen molar-refractivity contribution in [2.45, 2.75) is 6.92 Å². The van der Waals surface area contributed by atoms with Crippen LogP contribution < -0.4 is 11.1 Å². The fraction of sp³-hybridized carbons (Fsp3) is 0.0714. The Labute approximate surface area is 123 Å². The molecule has 0 fully saturated rings. The van der Waals surface area contributed by atoms with Crippen LogP contribution in [0.4, 0.5) is 21.5 Å². The SMILES string of the molecule is Cc1cc(Br)c(F)cc1Nc1ccc(N)c(C(=O)O)c1. The van der Waals surface area contributed by atoms with Crippen LogP contribution in [0.5, 0.6) is 0 Å². The Hall–Kier alpha value is -2.08. The van der Waals surface area contributed by atoms with Crippen molar-refractivity contribution < 1.29 is 14.3 Å². The second-order valence-corrected chi connectivity index (χ2v) is 5.17. The first-order valence-electron chi connectivity index (χ1n) is 5.74. The van der Waals surface area contributed by atoms with E-state index in [-0.39, 0.29) is 11.3 Å². The first-order chi connectivity index (χ1) is 9.38.